The quantitative estimate of drug-likeness (QED) is 0.855. The molecule has 0 amide bonds. The van der Waals surface area contributed by atoms with E-state index in [1.165, 1.54) is 0 Å². The number of anilines is 1. The van der Waals surface area contributed by atoms with Gasteiger partial charge in [0, 0.05) is 6.20 Å². The van der Waals surface area contributed by atoms with Crippen molar-refractivity contribution in [2.45, 2.75) is 24.6 Å². The van der Waals surface area contributed by atoms with E-state index in [2.05, 4.69) is 19.7 Å². The molecule has 0 unspecified atom stereocenters. The van der Waals surface area contributed by atoms with Crippen LogP contribution in [0.4, 0.5) is 5.13 Å². The molecule has 0 atom stereocenters. The summed E-state index contributed by atoms with van der Waals surface area (Å²) in [6.45, 7) is 3.45. The van der Waals surface area contributed by atoms with Gasteiger partial charge in [-0.2, -0.15) is 0 Å². The molecule has 102 valence electrons. The third-order valence-corrected chi connectivity index (χ3v) is 5.29. The summed E-state index contributed by atoms with van der Waals surface area (Å²) in [7, 11) is -3.62. The van der Waals surface area contributed by atoms with Crippen molar-refractivity contribution in [2.24, 2.45) is 0 Å². The Morgan fingerprint density at radius 1 is 1.37 bits per heavy atom. The van der Waals surface area contributed by atoms with E-state index in [1.807, 2.05) is 0 Å². The average Bonchev–Trinajstić information content (AvgIpc) is 2.67. The Labute approximate surface area is 115 Å². The fourth-order valence-corrected chi connectivity index (χ4v) is 3.83. The molecular formula is C10H13N5O2S2. The van der Waals surface area contributed by atoms with Gasteiger partial charge in [0.2, 0.25) is 0 Å². The summed E-state index contributed by atoms with van der Waals surface area (Å²) < 4.78 is 26.8. The van der Waals surface area contributed by atoms with Crippen LogP contribution in [0.1, 0.15) is 17.2 Å². The summed E-state index contributed by atoms with van der Waals surface area (Å²) >= 11 is 0.943. The second-order valence-electron chi connectivity index (χ2n) is 3.84. The SMILES string of the molecule is Cc1nccc(CNS(=O)(=O)c2sc(N)nc2C)n1. The van der Waals surface area contributed by atoms with Crippen molar-refractivity contribution < 1.29 is 8.42 Å². The molecule has 9 heteroatoms. The van der Waals surface area contributed by atoms with Crippen LogP contribution in [0.15, 0.2) is 16.5 Å². The molecule has 0 aromatic carbocycles. The standard InChI is InChI=1S/C10H13N5O2S2/c1-6-9(18-10(11)14-6)19(16,17)13-5-8-3-4-12-7(2)15-8/h3-4,13H,5H2,1-2H3,(H2,11,14). The highest BCUT2D eigenvalue weighted by molar-refractivity contribution is 7.91. The summed E-state index contributed by atoms with van der Waals surface area (Å²) in [6, 6.07) is 1.66. The van der Waals surface area contributed by atoms with Gasteiger partial charge in [-0.15, -0.1) is 0 Å². The number of sulfonamides is 1. The van der Waals surface area contributed by atoms with Crippen LogP contribution in [0.25, 0.3) is 0 Å². The molecular weight excluding hydrogens is 286 g/mol. The van der Waals surface area contributed by atoms with Crippen molar-refractivity contribution in [3.05, 3.63) is 29.5 Å². The average molecular weight is 299 g/mol. The molecule has 3 N–H and O–H groups in total. The lowest BCUT2D eigenvalue weighted by Crippen LogP contribution is -2.23. The lowest BCUT2D eigenvalue weighted by Gasteiger charge is -2.05. The van der Waals surface area contributed by atoms with Crippen LogP contribution in [-0.2, 0) is 16.6 Å². The van der Waals surface area contributed by atoms with Crippen LogP contribution in [0.5, 0.6) is 0 Å². The van der Waals surface area contributed by atoms with Crippen LogP contribution in [0, 0.1) is 13.8 Å². The monoisotopic (exact) mass is 299 g/mol. The van der Waals surface area contributed by atoms with E-state index in [1.54, 1.807) is 26.1 Å². The highest BCUT2D eigenvalue weighted by Gasteiger charge is 2.20. The highest BCUT2D eigenvalue weighted by Crippen LogP contribution is 2.24. The zero-order valence-electron chi connectivity index (χ0n) is 10.4. The Kier molecular flexibility index (Phi) is 3.78. The molecule has 0 saturated carbocycles. The highest BCUT2D eigenvalue weighted by atomic mass is 32.2. The first-order valence-corrected chi connectivity index (χ1v) is 7.69. The number of rotatable bonds is 4. The molecule has 2 aromatic heterocycles. The van der Waals surface area contributed by atoms with Crippen molar-refractivity contribution in [2.75, 3.05) is 5.73 Å². The van der Waals surface area contributed by atoms with Gasteiger partial charge in [0.25, 0.3) is 10.0 Å². The Balaban J connectivity index is 2.16. The number of hydrogen-bond donors (Lipinski definition) is 2. The Morgan fingerprint density at radius 3 is 2.68 bits per heavy atom. The fraction of sp³-hybridized carbons (Fsp3) is 0.300. The predicted octanol–water partition coefficient (Wildman–Crippen LogP) is 0.611. The van der Waals surface area contributed by atoms with Gasteiger partial charge in [0.15, 0.2) is 9.34 Å². The fourth-order valence-electron chi connectivity index (χ4n) is 1.49. The number of nitrogens with two attached hydrogens (primary N) is 1. The Morgan fingerprint density at radius 2 is 2.11 bits per heavy atom. The van der Waals surface area contributed by atoms with Crippen LogP contribution < -0.4 is 10.5 Å². The molecule has 2 heterocycles. The lowest BCUT2D eigenvalue weighted by molar-refractivity contribution is 0.581. The molecule has 2 rings (SSSR count). The zero-order chi connectivity index (χ0) is 14.0. The van der Waals surface area contributed by atoms with Gasteiger partial charge in [-0.3, -0.25) is 0 Å². The van der Waals surface area contributed by atoms with Crippen LogP contribution in [0.2, 0.25) is 0 Å². The van der Waals surface area contributed by atoms with E-state index in [-0.39, 0.29) is 15.9 Å². The normalized spacial score (nSPS) is 11.7. The Hall–Kier alpha value is -1.58. The molecule has 2 aromatic rings. The second-order valence-corrected chi connectivity index (χ2v) is 6.84. The third-order valence-electron chi connectivity index (χ3n) is 2.29. The minimum absolute atomic E-state index is 0.100. The first-order chi connectivity index (χ1) is 8.88. The van der Waals surface area contributed by atoms with Gasteiger partial charge in [-0.05, 0) is 19.9 Å². The lowest BCUT2D eigenvalue weighted by atomic mass is 10.4. The molecule has 19 heavy (non-hydrogen) atoms. The smallest absolute Gasteiger partial charge is 0.252 e. The molecule has 0 aliphatic carbocycles. The van der Waals surface area contributed by atoms with Crippen molar-refractivity contribution >= 4 is 26.5 Å². The molecule has 0 fully saturated rings. The van der Waals surface area contributed by atoms with E-state index >= 15 is 0 Å². The van der Waals surface area contributed by atoms with Gasteiger partial charge in [0.05, 0.1) is 17.9 Å². The molecule has 0 saturated heterocycles. The number of nitrogens with one attached hydrogen (secondary N) is 1. The van der Waals surface area contributed by atoms with Gasteiger partial charge < -0.3 is 5.73 Å². The Bertz CT molecular complexity index is 696. The molecule has 0 radical (unpaired) electrons. The molecule has 0 bridgehead atoms. The van der Waals surface area contributed by atoms with E-state index < -0.39 is 10.0 Å². The topological polar surface area (TPSA) is 111 Å². The minimum Gasteiger partial charge on any atom is -0.375 e. The second kappa shape index (κ2) is 5.19. The van der Waals surface area contributed by atoms with Gasteiger partial charge >= 0.3 is 0 Å². The minimum atomic E-state index is -3.62. The first kappa shape index (κ1) is 13.8. The number of aromatic nitrogens is 3. The van der Waals surface area contributed by atoms with Crippen molar-refractivity contribution in [3.63, 3.8) is 0 Å². The maximum Gasteiger partial charge on any atom is 0.252 e. The van der Waals surface area contributed by atoms with Gasteiger partial charge in [-0.25, -0.2) is 28.1 Å². The summed E-state index contributed by atoms with van der Waals surface area (Å²) in [5.74, 6) is 0.593. The number of aryl methyl sites for hydroxylation is 2. The van der Waals surface area contributed by atoms with Crippen LogP contribution in [-0.4, -0.2) is 23.4 Å². The number of nitrogen functional groups attached to an aromatic ring is 1. The molecule has 0 aliphatic rings. The molecule has 7 nitrogen and oxygen atoms in total. The molecule has 0 aliphatic heterocycles. The van der Waals surface area contributed by atoms with Crippen molar-refractivity contribution in [1.29, 1.82) is 0 Å². The largest absolute Gasteiger partial charge is 0.375 e. The van der Waals surface area contributed by atoms with E-state index in [9.17, 15) is 8.42 Å². The van der Waals surface area contributed by atoms with E-state index in [0.29, 0.717) is 17.2 Å². The molecule has 0 spiro atoms. The summed E-state index contributed by atoms with van der Waals surface area (Å²) in [6.07, 6.45) is 1.59. The maximum atomic E-state index is 12.1. The van der Waals surface area contributed by atoms with Gasteiger partial charge in [-0.1, -0.05) is 11.3 Å². The number of hydrogen-bond acceptors (Lipinski definition) is 7. The summed E-state index contributed by atoms with van der Waals surface area (Å²) in [4.78, 5) is 12.0. The third kappa shape index (κ3) is 3.25. The summed E-state index contributed by atoms with van der Waals surface area (Å²) in [5, 5.41) is 0.232. The number of nitrogens with zero attached hydrogens (tertiary/aromatic N) is 3. The van der Waals surface area contributed by atoms with Gasteiger partial charge in [0.1, 0.15) is 5.82 Å². The number of thiazole rings is 1. The van der Waals surface area contributed by atoms with E-state index in [4.69, 9.17) is 5.73 Å². The van der Waals surface area contributed by atoms with Crippen molar-refractivity contribution in [3.8, 4) is 0 Å². The maximum absolute atomic E-state index is 12.1. The van der Waals surface area contributed by atoms with Crippen LogP contribution in [0.3, 0.4) is 0 Å². The van der Waals surface area contributed by atoms with Crippen LogP contribution >= 0.6 is 11.3 Å². The van der Waals surface area contributed by atoms with Crippen molar-refractivity contribution in [1.82, 2.24) is 19.7 Å². The van der Waals surface area contributed by atoms with E-state index in [0.717, 1.165) is 11.3 Å². The summed E-state index contributed by atoms with van der Waals surface area (Å²) in [5.41, 5.74) is 6.50. The first-order valence-electron chi connectivity index (χ1n) is 5.39. The zero-order valence-corrected chi connectivity index (χ0v) is 12.0. The predicted molar refractivity (Wildman–Crippen MR) is 72.1 cm³/mol.